The molecule has 11 rings (SSSR count). The second kappa shape index (κ2) is 10.4. The number of para-hydroxylation sites is 4. The molecule has 0 unspecified atom stereocenters. The summed E-state index contributed by atoms with van der Waals surface area (Å²) in [6.45, 7) is 0. The van der Waals surface area contributed by atoms with E-state index in [1.165, 1.54) is 21.5 Å². The molecule has 0 saturated heterocycles. The Balaban J connectivity index is 1.27. The van der Waals surface area contributed by atoms with Crippen LogP contribution in [0.2, 0.25) is 0 Å². The number of hydrogen-bond donors (Lipinski definition) is 0. The number of nitrogens with zero attached hydrogens (tertiary/aromatic N) is 2. The fourth-order valence-corrected chi connectivity index (χ4v) is 8.03. The van der Waals surface area contributed by atoms with Gasteiger partial charge in [0.2, 0.25) is 0 Å². The van der Waals surface area contributed by atoms with Crippen LogP contribution in [-0.2, 0) is 0 Å². The van der Waals surface area contributed by atoms with Crippen molar-refractivity contribution in [2.75, 3.05) is 4.90 Å². The first-order valence-corrected chi connectivity index (χ1v) is 16.9. The van der Waals surface area contributed by atoms with Crippen molar-refractivity contribution in [2.24, 2.45) is 0 Å². The van der Waals surface area contributed by atoms with E-state index in [0.717, 1.165) is 77.7 Å². The summed E-state index contributed by atoms with van der Waals surface area (Å²) < 4.78 is 15.5. The third-order valence-electron chi connectivity index (χ3n) is 10.2. The highest BCUT2D eigenvalue weighted by molar-refractivity contribution is 6.21. The molecule has 0 N–H and O–H groups in total. The van der Waals surface area contributed by atoms with Gasteiger partial charge >= 0.3 is 0 Å². The van der Waals surface area contributed by atoms with Gasteiger partial charge in [-0.3, -0.25) is 0 Å². The van der Waals surface area contributed by atoms with Gasteiger partial charge in [-0.05, 0) is 77.5 Å². The number of anilines is 3. The zero-order valence-corrected chi connectivity index (χ0v) is 26.9. The SMILES string of the molecule is c1ccc(-n2c3ccccc3c3c(N(c4ccc5oc6ccc7ccccc7c6c5c4)c4cccc5c4oc4ccccc45)cccc32)cc1. The molecule has 234 valence electrons. The van der Waals surface area contributed by atoms with Crippen LogP contribution in [0, 0.1) is 0 Å². The molecule has 11 aromatic rings. The summed E-state index contributed by atoms with van der Waals surface area (Å²) in [5, 5.41) is 9.12. The predicted octanol–water partition coefficient (Wildman–Crippen LogP) is 13.2. The number of rotatable bonds is 4. The fourth-order valence-electron chi connectivity index (χ4n) is 8.03. The first-order chi connectivity index (χ1) is 24.8. The summed E-state index contributed by atoms with van der Waals surface area (Å²) in [5.41, 5.74) is 9.94. The molecular weight excluding hydrogens is 613 g/mol. The van der Waals surface area contributed by atoms with Crippen molar-refractivity contribution in [2.45, 2.75) is 0 Å². The first-order valence-electron chi connectivity index (χ1n) is 16.9. The highest BCUT2D eigenvalue weighted by Gasteiger charge is 2.25. The van der Waals surface area contributed by atoms with Gasteiger partial charge in [0.1, 0.15) is 16.7 Å². The zero-order chi connectivity index (χ0) is 32.8. The quantitative estimate of drug-likeness (QED) is 0.192. The second-order valence-corrected chi connectivity index (χ2v) is 12.9. The van der Waals surface area contributed by atoms with Crippen LogP contribution in [0.4, 0.5) is 17.1 Å². The Morgan fingerprint density at radius 3 is 2.00 bits per heavy atom. The molecule has 0 aliphatic heterocycles. The van der Waals surface area contributed by atoms with Gasteiger partial charge in [-0.1, -0.05) is 103 Å². The van der Waals surface area contributed by atoms with E-state index in [0.29, 0.717) is 0 Å². The Bertz CT molecular complexity index is 3110. The van der Waals surface area contributed by atoms with Gasteiger partial charge in [0, 0.05) is 43.7 Å². The maximum Gasteiger partial charge on any atom is 0.159 e. The van der Waals surface area contributed by atoms with Crippen molar-refractivity contribution in [1.29, 1.82) is 0 Å². The number of fused-ring (bicyclic) bond motifs is 11. The molecule has 3 aromatic heterocycles. The van der Waals surface area contributed by atoms with Crippen molar-refractivity contribution in [3.63, 3.8) is 0 Å². The Morgan fingerprint density at radius 2 is 1.08 bits per heavy atom. The number of hydrogen-bond acceptors (Lipinski definition) is 3. The maximum atomic E-state index is 6.72. The van der Waals surface area contributed by atoms with Crippen LogP contribution in [-0.4, -0.2) is 4.57 Å². The summed E-state index contributed by atoms with van der Waals surface area (Å²) in [7, 11) is 0. The van der Waals surface area contributed by atoms with Crippen molar-refractivity contribution < 1.29 is 8.83 Å². The van der Waals surface area contributed by atoms with Gasteiger partial charge in [-0.25, -0.2) is 0 Å². The summed E-state index contributed by atoms with van der Waals surface area (Å²) >= 11 is 0. The van der Waals surface area contributed by atoms with Gasteiger partial charge in [-0.15, -0.1) is 0 Å². The molecule has 4 heteroatoms. The minimum absolute atomic E-state index is 0.847. The fraction of sp³-hybridized carbons (Fsp3) is 0. The topological polar surface area (TPSA) is 34.5 Å². The van der Waals surface area contributed by atoms with Crippen LogP contribution >= 0.6 is 0 Å². The largest absolute Gasteiger partial charge is 0.456 e. The van der Waals surface area contributed by atoms with Crippen LogP contribution in [0.15, 0.2) is 179 Å². The molecule has 0 bridgehead atoms. The summed E-state index contributed by atoms with van der Waals surface area (Å²) in [6.07, 6.45) is 0. The van der Waals surface area contributed by atoms with Crippen molar-refractivity contribution in [3.8, 4) is 5.69 Å². The van der Waals surface area contributed by atoms with E-state index in [1.807, 2.05) is 12.1 Å². The summed E-state index contributed by atoms with van der Waals surface area (Å²) in [6, 6.07) is 60.0. The lowest BCUT2D eigenvalue weighted by molar-refractivity contribution is 0.669. The number of aromatic nitrogens is 1. The van der Waals surface area contributed by atoms with Crippen molar-refractivity contribution in [1.82, 2.24) is 4.57 Å². The molecular formula is C46H28N2O2. The van der Waals surface area contributed by atoms with E-state index in [-0.39, 0.29) is 0 Å². The highest BCUT2D eigenvalue weighted by Crippen LogP contribution is 2.48. The van der Waals surface area contributed by atoms with Crippen molar-refractivity contribution in [3.05, 3.63) is 170 Å². The molecule has 4 nitrogen and oxygen atoms in total. The van der Waals surface area contributed by atoms with Crippen molar-refractivity contribution >= 4 is 93.5 Å². The summed E-state index contributed by atoms with van der Waals surface area (Å²) in [5.74, 6) is 0. The normalized spacial score (nSPS) is 12.0. The lowest BCUT2D eigenvalue weighted by Crippen LogP contribution is -2.10. The molecule has 0 aliphatic rings. The molecule has 50 heavy (non-hydrogen) atoms. The van der Waals surface area contributed by atoms with Gasteiger partial charge in [-0.2, -0.15) is 0 Å². The van der Waals surface area contributed by atoms with Crippen LogP contribution in [0.3, 0.4) is 0 Å². The van der Waals surface area contributed by atoms with Crippen LogP contribution < -0.4 is 4.90 Å². The number of benzene rings is 8. The molecule has 0 aliphatic carbocycles. The molecule has 0 fully saturated rings. The lowest BCUT2D eigenvalue weighted by Gasteiger charge is -2.26. The minimum Gasteiger partial charge on any atom is -0.456 e. The molecule has 0 atom stereocenters. The molecule has 0 radical (unpaired) electrons. The first kappa shape index (κ1) is 27.2. The predicted molar refractivity (Wildman–Crippen MR) is 208 cm³/mol. The third-order valence-corrected chi connectivity index (χ3v) is 10.2. The van der Waals surface area contributed by atoms with Gasteiger partial charge in [0.25, 0.3) is 0 Å². The van der Waals surface area contributed by atoms with Gasteiger partial charge in [0.15, 0.2) is 5.58 Å². The van der Waals surface area contributed by atoms with E-state index < -0.39 is 0 Å². The van der Waals surface area contributed by atoms with E-state index in [2.05, 4.69) is 167 Å². The maximum absolute atomic E-state index is 6.72. The van der Waals surface area contributed by atoms with E-state index in [1.54, 1.807) is 0 Å². The molecule has 8 aromatic carbocycles. The highest BCUT2D eigenvalue weighted by atomic mass is 16.3. The Morgan fingerprint density at radius 1 is 0.400 bits per heavy atom. The Kier molecular flexibility index (Phi) is 5.63. The van der Waals surface area contributed by atoms with E-state index in [4.69, 9.17) is 8.83 Å². The van der Waals surface area contributed by atoms with Gasteiger partial charge in [0.05, 0.1) is 22.4 Å². The molecule has 3 heterocycles. The molecule has 0 saturated carbocycles. The lowest BCUT2D eigenvalue weighted by atomic mass is 10.0. The third kappa shape index (κ3) is 3.81. The monoisotopic (exact) mass is 640 g/mol. The Labute approximate surface area is 286 Å². The summed E-state index contributed by atoms with van der Waals surface area (Å²) in [4.78, 5) is 2.37. The van der Waals surface area contributed by atoms with Crippen LogP contribution in [0.25, 0.3) is 82.1 Å². The smallest absolute Gasteiger partial charge is 0.159 e. The Hall–Kier alpha value is -6.78. The standard InChI is InChI=1S/C46H28N2O2/c1-2-13-30(14-3-1)47-37-19-8-6-17-35(37)45-38(47)20-11-21-39(45)48(40-22-10-18-34-33-16-7-9-23-41(33)50-46(34)40)31-25-27-42-36(28-31)44-32-15-5-4-12-29(32)24-26-43(44)49-42/h1-28H. The second-order valence-electron chi connectivity index (χ2n) is 12.9. The number of furan rings is 2. The average Bonchev–Trinajstić information content (AvgIpc) is 3.85. The van der Waals surface area contributed by atoms with E-state index in [9.17, 15) is 0 Å². The molecule has 0 amide bonds. The zero-order valence-electron chi connectivity index (χ0n) is 26.9. The van der Waals surface area contributed by atoms with Gasteiger partial charge < -0.3 is 18.3 Å². The average molecular weight is 641 g/mol. The molecule has 0 spiro atoms. The van der Waals surface area contributed by atoms with E-state index >= 15 is 0 Å². The van der Waals surface area contributed by atoms with Crippen LogP contribution in [0.5, 0.6) is 0 Å². The minimum atomic E-state index is 0.847. The van der Waals surface area contributed by atoms with Crippen LogP contribution in [0.1, 0.15) is 0 Å².